The van der Waals surface area contributed by atoms with Gasteiger partial charge in [-0.1, -0.05) is 23.4 Å². The topological polar surface area (TPSA) is 38.1 Å². The fourth-order valence-corrected chi connectivity index (χ4v) is 1.83. The maximum Gasteiger partial charge on any atom is 0.133 e. The smallest absolute Gasteiger partial charge is 0.133 e. The summed E-state index contributed by atoms with van der Waals surface area (Å²) in [4.78, 5) is 0. The third-order valence-corrected chi connectivity index (χ3v) is 3.02. The van der Waals surface area contributed by atoms with Crippen molar-refractivity contribution in [2.75, 3.05) is 0 Å². The lowest BCUT2D eigenvalue weighted by Gasteiger charge is -2.08. The van der Waals surface area contributed by atoms with Crippen molar-refractivity contribution in [1.82, 2.24) is 10.5 Å². The van der Waals surface area contributed by atoms with Crippen molar-refractivity contribution >= 4 is 12.4 Å². The van der Waals surface area contributed by atoms with E-state index in [1.807, 2.05) is 13.0 Å². The Labute approximate surface area is 114 Å². The lowest BCUT2D eigenvalue weighted by Crippen LogP contribution is -2.13. The largest absolute Gasteiger partial charge is 0.361 e. The molecule has 1 heterocycles. The fraction of sp³-hybridized carbons (Fsp3) is 0.357. The Balaban J connectivity index is 0.00000162. The first-order chi connectivity index (χ1) is 8.16. The van der Waals surface area contributed by atoms with Crippen LogP contribution in [-0.4, -0.2) is 5.16 Å². The van der Waals surface area contributed by atoms with E-state index in [0.29, 0.717) is 0 Å². The zero-order valence-corrected chi connectivity index (χ0v) is 11.8. The van der Waals surface area contributed by atoms with Crippen LogP contribution in [0.25, 0.3) is 0 Å². The first-order valence-corrected chi connectivity index (χ1v) is 5.85. The zero-order valence-electron chi connectivity index (χ0n) is 11.0. The molecule has 0 amide bonds. The summed E-state index contributed by atoms with van der Waals surface area (Å²) in [6.07, 6.45) is 0. The minimum atomic E-state index is 0. The molecule has 1 aromatic heterocycles. The number of aryl methyl sites for hydroxylation is 2. The van der Waals surface area contributed by atoms with Crippen molar-refractivity contribution < 1.29 is 4.52 Å². The highest BCUT2D eigenvalue weighted by Crippen LogP contribution is 2.12. The summed E-state index contributed by atoms with van der Waals surface area (Å²) in [5.74, 6) is 0.855. The van der Waals surface area contributed by atoms with Gasteiger partial charge in [-0.05, 0) is 37.5 Å². The van der Waals surface area contributed by atoms with Gasteiger partial charge in [0.1, 0.15) is 5.76 Å². The Morgan fingerprint density at radius 2 is 1.94 bits per heavy atom. The SMILES string of the molecule is Cc1cc(CNCc2cccc(C)c2C)no1.Cl. The third kappa shape index (κ3) is 3.59. The molecule has 3 nitrogen and oxygen atoms in total. The van der Waals surface area contributed by atoms with Gasteiger partial charge in [0.2, 0.25) is 0 Å². The quantitative estimate of drug-likeness (QED) is 0.923. The Kier molecular flexibility index (Phi) is 5.38. The molecular formula is C14H19ClN2O. The maximum absolute atomic E-state index is 5.02. The van der Waals surface area contributed by atoms with E-state index in [1.54, 1.807) is 0 Å². The van der Waals surface area contributed by atoms with Crippen molar-refractivity contribution in [2.24, 2.45) is 0 Å². The summed E-state index contributed by atoms with van der Waals surface area (Å²) >= 11 is 0. The van der Waals surface area contributed by atoms with Gasteiger partial charge in [0.05, 0.1) is 5.69 Å². The molecule has 0 unspecified atom stereocenters. The predicted molar refractivity (Wildman–Crippen MR) is 74.9 cm³/mol. The van der Waals surface area contributed by atoms with E-state index in [2.05, 4.69) is 42.5 Å². The van der Waals surface area contributed by atoms with Crippen LogP contribution in [0.2, 0.25) is 0 Å². The second-order valence-electron chi connectivity index (χ2n) is 4.39. The van der Waals surface area contributed by atoms with Crippen molar-refractivity contribution in [1.29, 1.82) is 0 Å². The Morgan fingerprint density at radius 1 is 1.17 bits per heavy atom. The highest BCUT2D eigenvalue weighted by Gasteiger charge is 2.02. The molecule has 0 saturated carbocycles. The summed E-state index contributed by atoms with van der Waals surface area (Å²) in [6.45, 7) is 7.80. The van der Waals surface area contributed by atoms with Gasteiger partial charge in [0, 0.05) is 19.2 Å². The van der Waals surface area contributed by atoms with E-state index >= 15 is 0 Å². The first-order valence-electron chi connectivity index (χ1n) is 5.85. The van der Waals surface area contributed by atoms with Gasteiger partial charge < -0.3 is 9.84 Å². The molecule has 18 heavy (non-hydrogen) atoms. The summed E-state index contributed by atoms with van der Waals surface area (Å²) in [5, 5.41) is 7.33. The molecule has 2 aromatic rings. The first kappa shape index (κ1) is 14.7. The molecule has 0 radical (unpaired) electrons. The number of nitrogens with one attached hydrogen (secondary N) is 1. The molecule has 0 bridgehead atoms. The van der Waals surface area contributed by atoms with Crippen LogP contribution in [0.1, 0.15) is 28.1 Å². The molecule has 0 aliphatic rings. The van der Waals surface area contributed by atoms with E-state index in [4.69, 9.17) is 4.52 Å². The average molecular weight is 267 g/mol. The van der Waals surface area contributed by atoms with Gasteiger partial charge in [-0.15, -0.1) is 12.4 Å². The van der Waals surface area contributed by atoms with Crippen LogP contribution in [-0.2, 0) is 13.1 Å². The molecule has 98 valence electrons. The number of rotatable bonds is 4. The Morgan fingerprint density at radius 3 is 2.61 bits per heavy atom. The molecule has 0 saturated heterocycles. The van der Waals surface area contributed by atoms with Gasteiger partial charge in [0.25, 0.3) is 0 Å². The molecule has 4 heteroatoms. The van der Waals surface area contributed by atoms with Gasteiger partial charge in [-0.2, -0.15) is 0 Å². The summed E-state index contributed by atoms with van der Waals surface area (Å²) in [7, 11) is 0. The highest BCUT2D eigenvalue weighted by atomic mass is 35.5. The van der Waals surface area contributed by atoms with Gasteiger partial charge in [0.15, 0.2) is 0 Å². The van der Waals surface area contributed by atoms with E-state index in [1.165, 1.54) is 16.7 Å². The summed E-state index contributed by atoms with van der Waals surface area (Å²) in [6, 6.07) is 8.35. The van der Waals surface area contributed by atoms with Crippen LogP contribution in [0, 0.1) is 20.8 Å². The minimum absolute atomic E-state index is 0. The number of hydrogen-bond acceptors (Lipinski definition) is 3. The summed E-state index contributed by atoms with van der Waals surface area (Å²) in [5.41, 5.74) is 4.98. The van der Waals surface area contributed by atoms with Gasteiger partial charge in [-0.3, -0.25) is 0 Å². The van der Waals surface area contributed by atoms with E-state index in [9.17, 15) is 0 Å². The van der Waals surface area contributed by atoms with Crippen molar-refractivity contribution in [3.05, 3.63) is 52.4 Å². The van der Waals surface area contributed by atoms with Crippen molar-refractivity contribution in [3.8, 4) is 0 Å². The Bertz CT molecular complexity index is 508. The highest BCUT2D eigenvalue weighted by molar-refractivity contribution is 5.85. The third-order valence-electron chi connectivity index (χ3n) is 3.02. The van der Waals surface area contributed by atoms with Gasteiger partial charge >= 0.3 is 0 Å². The number of aromatic nitrogens is 1. The molecule has 2 rings (SSSR count). The van der Waals surface area contributed by atoms with E-state index in [0.717, 1.165) is 24.5 Å². The van der Waals surface area contributed by atoms with E-state index in [-0.39, 0.29) is 12.4 Å². The van der Waals surface area contributed by atoms with Crippen molar-refractivity contribution in [2.45, 2.75) is 33.9 Å². The molecule has 0 atom stereocenters. The van der Waals surface area contributed by atoms with E-state index < -0.39 is 0 Å². The lowest BCUT2D eigenvalue weighted by atomic mass is 10.0. The molecule has 0 aliphatic heterocycles. The van der Waals surface area contributed by atoms with Crippen LogP contribution in [0.3, 0.4) is 0 Å². The lowest BCUT2D eigenvalue weighted by molar-refractivity contribution is 0.388. The standard InChI is InChI=1S/C14H18N2O.ClH/c1-10-5-4-6-13(12(10)3)8-15-9-14-7-11(2)17-16-14;/h4-7,15H,8-9H2,1-3H3;1H. The number of halogens is 1. The van der Waals surface area contributed by atoms with Crippen LogP contribution in [0.5, 0.6) is 0 Å². The second kappa shape index (κ2) is 6.57. The molecular weight excluding hydrogens is 248 g/mol. The second-order valence-corrected chi connectivity index (χ2v) is 4.39. The summed E-state index contributed by atoms with van der Waals surface area (Å²) < 4.78 is 5.02. The molecule has 0 fully saturated rings. The number of hydrogen-bond donors (Lipinski definition) is 1. The Hall–Kier alpha value is -1.32. The van der Waals surface area contributed by atoms with Crippen LogP contribution in [0.15, 0.2) is 28.8 Å². The van der Waals surface area contributed by atoms with Crippen molar-refractivity contribution in [3.63, 3.8) is 0 Å². The predicted octanol–water partition coefficient (Wildman–Crippen LogP) is 3.31. The number of nitrogens with zero attached hydrogens (tertiary/aromatic N) is 1. The van der Waals surface area contributed by atoms with Crippen LogP contribution < -0.4 is 5.32 Å². The zero-order chi connectivity index (χ0) is 12.3. The fourth-order valence-electron chi connectivity index (χ4n) is 1.83. The average Bonchev–Trinajstić information content (AvgIpc) is 2.70. The van der Waals surface area contributed by atoms with Crippen LogP contribution >= 0.6 is 12.4 Å². The molecule has 0 aliphatic carbocycles. The molecule has 1 aromatic carbocycles. The minimum Gasteiger partial charge on any atom is -0.361 e. The number of benzene rings is 1. The maximum atomic E-state index is 5.02. The molecule has 0 spiro atoms. The monoisotopic (exact) mass is 266 g/mol. The molecule has 1 N–H and O–H groups in total. The van der Waals surface area contributed by atoms with Gasteiger partial charge in [-0.25, -0.2) is 0 Å². The van der Waals surface area contributed by atoms with Crippen LogP contribution in [0.4, 0.5) is 0 Å². The normalized spacial score (nSPS) is 10.2.